The van der Waals surface area contributed by atoms with Crippen LogP contribution in [0.4, 0.5) is 10.1 Å². The van der Waals surface area contributed by atoms with E-state index >= 15 is 0 Å². The van der Waals surface area contributed by atoms with Crippen LogP contribution in [-0.4, -0.2) is 38.0 Å². The van der Waals surface area contributed by atoms with E-state index in [1.54, 1.807) is 12.1 Å². The molecule has 0 aliphatic carbocycles. The molecule has 2 aromatic rings. The predicted molar refractivity (Wildman–Crippen MR) is 122 cm³/mol. The summed E-state index contributed by atoms with van der Waals surface area (Å²) >= 11 is 0. The molecule has 0 aromatic heterocycles. The Labute approximate surface area is 182 Å². The zero-order valence-corrected chi connectivity index (χ0v) is 18.3. The van der Waals surface area contributed by atoms with Crippen molar-refractivity contribution in [1.82, 2.24) is 10.6 Å². The summed E-state index contributed by atoms with van der Waals surface area (Å²) in [4.78, 5) is 18.9. The molecule has 0 fully saturated rings. The van der Waals surface area contributed by atoms with E-state index in [2.05, 4.69) is 38.7 Å². The topological polar surface area (TPSA) is 56.7 Å². The largest absolute Gasteiger partial charge is 0.356 e. The lowest BCUT2D eigenvalue weighted by atomic mass is 10.1. The van der Waals surface area contributed by atoms with Gasteiger partial charge in [-0.25, -0.2) is 4.39 Å². The number of benzene rings is 2. The van der Waals surface area contributed by atoms with Crippen LogP contribution >= 0.6 is 24.0 Å². The van der Waals surface area contributed by atoms with Gasteiger partial charge >= 0.3 is 0 Å². The van der Waals surface area contributed by atoms with Gasteiger partial charge in [0.1, 0.15) is 5.82 Å². The number of fused-ring (bicyclic) bond motifs is 1. The van der Waals surface area contributed by atoms with Crippen molar-refractivity contribution in [2.45, 2.75) is 19.8 Å². The fourth-order valence-electron chi connectivity index (χ4n) is 3.16. The fraction of sp³-hybridized carbons (Fsp3) is 0.333. The summed E-state index contributed by atoms with van der Waals surface area (Å²) in [5, 5.41) is 6.19. The highest BCUT2D eigenvalue weighted by Gasteiger charge is 2.22. The third-order valence-electron chi connectivity index (χ3n) is 4.45. The molecule has 5 nitrogen and oxygen atoms in total. The van der Waals surface area contributed by atoms with E-state index in [9.17, 15) is 9.18 Å². The number of aliphatic imine (C=N–C) groups is 1. The summed E-state index contributed by atoms with van der Waals surface area (Å²) in [6.07, 6.45) is 1.25. The Hall–Kier alpha value is -2.16. The maximum absolute atomic E-state index is 12.9. The number of halogens is 2. The number of carbonyl (C=O) groups is 1. The predicted octanol–water partition coefficient (Wildman–Crippen LogP) is 3.13. The van der Waals surface area contributed by atoms with Gasteiger partial charge in [0, 0.05) is 25.3 Å². The number of guanidine groups is 1. The van der Waals surface area contributed by atoms with Gasteiger partial charge in [-0.3, -0.25) is 9.79 Å². The molecule has 0 radical (unpaired) electrons. The van der Waals surface area contributed by atoms with E-state index in [1.807, 2.05) is 13.0 Å². The summed E-state index contributed by atoms with van der Waals surface area (Å²) in [6.45, 7) is 4.69. The van der Waals surface area contributed by atoms with Crippen LogP contribution in [0.2, 0.25) is 0 Å². The average molecular weight is 496 g/mol. The van der Waals surface area contributed by atoms with Crippen molar-refractivity contribution in [3.63, 3.8) is 0 Å². The minimum atomic E-state index is -0.298. The molecule has 3 rings (SSSR count). The van der Waals surface area contributed by atoms with Gasteiger partial charge in [-0.1, -0.05) is 30.3 Å². The van der Waals surface area contributed by atoms with Gasteiger partial charge in [-0.05, 0) is 42.7 Å². The number of para-hydroxylation sites is 1. The zero-order chi connectivity index (χ0) is 19.1. The molecular weight excluding hydrogens is 470 g/mol. The molecule has 2 N–H and O–H groups in total. The van der Waals surface area contributed by atoms with Crippen LogP contribution in [0.3, 0.4) is 0 Å². The number of hydrogen-bond donors (Lipinski definition) is 2. The zero-order valence-electron chi connectivity index (χ0n) is 16.0. The molecule has 0 saturated heterocycles. The lowest BCUT2D eigenvalue weighted by Gasteiger charge is -2.22. The van der Waals surface area contributed by atoms with E-state index in [-0.39, 0.29) is 42.1 Å². The van der Waals surface area contributed by atoms with Crippen LogP contribution in [0.5, 0.6) is 0 Å². The van der Waals surface area contributed by atoms with E-state index < -0.39 is 0 Å². The number of nitrogens with one attached hydrogen (secondary N) is 2. The lowest BCUT2D eigenvalue weighted by molar-refractivity contribution is -0.120. The third-order valence-corrected chi connectivity index (χ3v) is 4.45. The van der Waals surface area contributed by atoms with Gasteiger partial charge < -0.3 is 15.5 Å². The minimum Gasteiger partial charge on any atom is -0.356 e. The molecular formula is C21H26FIN4O. The molecule has 0 saturated carbocycles. The second-order valence-electron chi connectivity index (χ2n) is 6.42. The quantitative estimate of drug-likeness (QED) is 0.280. The first kappa shape index (κ1) is 22.1. The Bertz CT molecular complexity index is 810. The second kappa shape index (κ2) is 11.0. The van der Waals surface area contributed by atoms with Crippen molar-refractivity contribution in [2.75, 3.05) is 31.1 Å². The summed E-state index contributed by atoms with van der Waals surface area (Å²) in [5.41, 5.74) is 3.31. The smallest absolute Gasteiger partial charge is 0.224 e. The molecule has 1 amide bonds. The van der Waals surface area contributed by atoms with E-state index in [0.29, 0.717) is 13.1 Å². The molecule has 7 heteroatoms. The van der Waals surface area contributed by atoms with Crippen molar-refractivity contribution >= 4 is 41.5 Å². The van der Waals surface area contributed by atoms with Crippen LogP contribution < -0.4 is 15.5 Å². The van der Waals surface area contributed by atoms with Crippen molar-refractivity contribution in [3.05, 3.63) is 65.5 Å². The van der Waals surface area contributed by atoms with Crippen LogP contribution in [-0.2, 0) is 17.6 Å². The molecule has 0 atom stereocenters. The molecule has 1 heterocycles. The molecule has 0 bridgehead atoms. The van der Waals surface area contributed by atoms with Gasteiger partial charge in [0.25, 0.3) is 0 Å². The van der Waals surface area contributed by atoms with Crippen LogP contribution in [0.25, 0.3) is 0 Å². The Kier molecular flexibility index (Phi) is 8.69. The highest BCUT2D eigenvalue weighted by Crippen LogP contribution is 2.27. The SMILES string of the molecule is CCNC(=NCCNC(=O)Cc1ccc(F)cc1)N1CCc2ccccc21.I. The van der Waals surface area contributed by atoms with Gasteiger partial charge in [0.05, 0.1) is 13.0 Å². The Balaban J connectivity index is 0.00000280. The van der Waals surface area contributed by atoms with Crippen molar-refractivity contribution in [3.8, 4) is 0 Å². The first-order valence-corrected chi connectivity index (χ1v) is 9.32. The normalized spacial score (nSPS) is 12.9. The van der Waals surface area contributed by atoms with Gasteiger partial charge in [0.2, 0.25) is 5.91 Å². The molecule has 150 valence electrons. The Morgan fingerprint density at radius 1 is 1.14 bits per heavy atom. The summed E-state index contributed by atoms with van der Waals surface area (Å²) in [7, 11) is 0. The van der Waals surface area contributed by atoms with Crippen LogP contribution in [0.1, 0.15) is 18.1 Å². The minimum absolute atomic E-state index is 0. The molecule has 1 aliphatic heterocycles. The standard InChI is InChI=1S/C21H25FN4O.HI/c1-2-23-21(26-14-11-17-5-3-4-6-19(17)26)25-13-12-24-20(27)15-16-7-9-18(22)10-8-16;/h3-10H,2,11-15H2,1H3,(H,23,25)(H,24,27);1H. The molecule has 0 spiro atoms. The molecule has 0 unspecified atom stereocenters. The highest BCUT2D eigenvalue weighted by atomic mass is 127. The summed E-state index contributed by atoms with van der Waals surface area (Å²) in [6, 6.07) is 14.3. The first-order valence-electron chi connectivity index (χ1n) is 9.32. The summed E-state index contributed by atoms with van der Waals surface area (Å²) in [5.74, 6) is 0.455. The number of amides is 1. The molecule has 28 heavy (non-hydrogen) atoms. The summed E-state index contributed by atoms with van der Waals surface area (Å²) < 4.78 is 12.9. The van der Waals surface area contributed by atoms with Gasteiger partial charge in [-0.2, -0.15) is 0 Å². The number of rotatable bonds is 6. The van der Waals surface area contributed by atoms with Crippen LogP contribution in [0.15, 0.2) is 53.5 Å². The number of carbonyl (C=O) groups excluding carboxylic acids is 1. The lowest BCUT2D eigenvalue weighted by Crippen LogP contribution is -2.41. The molecule has 2 aromatic carbocycles. The maximum Gasteiger partial charge on any atom is 0.224 e. The number of hydrogen-bond acceptors (Lipinski definition) is 2. The van der Waals surface area contributed by atoms with Gasteiger partial charge in [0.15, 0.2) is 5.96 Å². The van der Waals surface area contributed by atoms with Crippen molar-refractivity contribution in [1.29, 1.82) is 0 Å². The second-order valence-corrected chi connectivity index (χ2v) is 6.42. The van der Waals surface area contributed by atoms with E-state index in [0.717, 1.165) is 31.0 Å². The fourth-order valence-corrected chi connectivity index (χ4v) is 3.16. The third kappa shape index (κ3) is 5.92. The monoisotopic (exact) mass is 496 g/mol. The van der Waals surface area contributed by atoms with Crippen molar-refractivity contribution in [2.24, 2.45) is 4.99 Å². The van der Waals surface area contributed by atoms with Crippen molar-refractivity contribution < 1.29 is 9.18 Å². The first-order chi connectivity index (χ1) is 13.2. The van der Waals surface area contributed by atoms with Gasteiger partial charge in [-0.15, -0.1) is 24.0 Å². The average Bonchev–Trinajstić information content (AvgIpc) is 3.10. The van der Waals surface area contributed by atoms with E-state index in [1.165, 1.54) is 23.4 Å². The number of nitrogens with zero attached hydrogens (tertiary/aromatic N) is 2. The van der Waals surface area contributed by atoms with Crippen LogP contribution in [0, 0.1) is 5.82 Å². The highest BCUT2D eigenvalue weighted by molar-refractivity contribution is 14.0. The maximum atomic E-state index is 12.9. The van der Waals surface area contributed by atoms with E-state index in [4.69, 9.17) is 0 Å². The molecule has 1 aliphatic rings. The Morgan fingerprint density at radius 2 is 1.89 bits per heavy atom. The number of anilines is 1. The Morgan fingerprint density at radius 3 is 2.64 bits per heavy atom.